The molecule has 3 aromatic rings. The van der Waals surface area contributed by atoms with Crippen LogP contribution in [0.2, 0.25) is 0 Å². The Labute approximate surface area is 148 Å². The van der Waals surface area contributed by atoms with Crippen molar-refractivity contribution in [3.05, 3.63) is 48.6 Å². The Bertz CT molecular complexity index is 1100. The molecule has 0 N–H and O–H groups in total. The number of likely N-dealkylation sites (tertiary alicyclic amines) is 1. The molecule has 1 saturated heterocycles. The van der Waals surface area contributed by atoms with Crippen LogP contribution in [0.5, 0.6) is 0 Å². The molecule has 2 bridgehead atoms. The first-order valence-corrected chi connectivity index (χ1v) is 8.83. The number of rotatable bonds is 2. The third kappa shape index (κ3) is 1.70. The van der Waals surface area contributed by atoms with E-state index in [1.54, 1.807) is 10.8 Å². The van der Waals surface area contributed by atoms with Gasteiger partial charge in [-0.2, -0.15) is 0 Å². The third-order valence-electron chi connectivity index (χ3n) is 5.99. The number of amides is 2. The van der Waals surface area contributed by atoms with E-state index in [2.05, 4.69) is 27.2 Å². The van der Waals surface area contributed by atoms with Crippen LogP contribution in [0.25, 0.3) is 16.6 Å². The number of carbonyl (C=O) groups excluding carboxylic acids is 2. The molecule has 0 spiro atoms. The summed E-state index contributed by atoms with van der Waals surface area (Å²) in [6.45, 7) is 0.125. The van der Waals surface area contributed by atoms with Gasteiger partial charge in [0.1, 0.15) is 6.33 Å². The molecule has 7 heteroatoms. The van der Waals surface area contributed by atoms with Crippen molar-refractivity contribution in [2.75, 3.05) is 0 Å². The van der Waals surface area contributed by atoms with Crippen molar-refractivity contribution >= 4 is 28.4 Å². The summed E-state index contributed by atoms with van der Waals surface area (Å²) in [5.41, 5.74) is 1.52. The second-order valence-electron chi connectivity index (χ2n) is 7.32. The average molecular weight is 345 g/mol. The van der Waals surface area contributed by atoms with Gasteiger partial charge in [-0.15, -0.1) is 5.10 Å². The zero-order valence-corrected chi connectivity index (χ0v) is 13.8. The molecule has 2 fully saturated rings. The Kier molecular flexibility index (Phi) is 2.58. The van der Waals surface area contributed by atoms with Crippen LogP contribution in [0.3, 0.4) is 0 Å². The molecule has 0 unspecified atom stereocenters. The van der Waals surface area contributed by atoms with Crippen LogP contribution in [0.1, 0.15) is 12.2 Å². The molecule has 2 aliphatic carbocycles. The van der Waals surface area contributed by atoms with E-state index in [1.807, 2.05) is 24.3 Å². The topological polar surface area (TPSA) is 80.5 Å². The molecule has 4 atom stereocenters. The fourth-order valence-corrected chi connectivity index (χ4v) is 4.85. The highest BCUT2D eigenvalue weighted by molar-refractivity contribution is 6.06. The van der Waals surface area contributed by atoms with E-state index < -0.39 is 0 Å². The minimum Gasteiger partial charge on any atom is -0.274 e. The number of allylic oxidation sites excluding steroid dienone is 2. The normalized spacial score (nSPS) is 29.5. The maximum absolute atomic E-state index is 12.8. The van der Waals surface area contributed by atoms with E-state index in [0.717, 1.165) is 17.3 Å². The van der Waals surface area contributed by atoms with Crippen LogP contribution in [0, 0.1) is 23.7 Å². The van der Waals surface area contributed by atoms with Crippen molar-refractivity contribution < 1.29 is 9.59 Å². The molecular formula is C19H15N5O2. The van der Waals surface area contributed by atoms with E-state index in [9.17, 15) is 9.59 Å². The molecular weight excluding hydrogens is 330 g/mol. The Balaban J connectivity index is 1.37. The molecule has 2 aromatic heterocycles. The maximum atomic E-state index is 12.8. The Morgan fingerprint density at radius 1 is 1.04 bits per heavy atom. The van der Waals surface area contributed by atoms with Gasteiger partial charge in [0.2, 0.25) is 11.8 Å². The first kappa shape index (κ1) is 14.1. The van der Waals surface area contributed by atoms with Gasteiger partial charge in [-0.25, -0.2) is 14.5 Å². The first-order chi connectivity index (χ1) is 12.7. The van der Waals surface area contributed by atoms with Gasteiger partial charge in [-0.3, -0.25) is 14.5 Å². The van der Waals surface area contributed by atoms with E-state index in [4.69, 9.17) is 0 Å². The van der Waals surface area contributed by atoms with E-state index in [0.29, 0.717) is 11.5 Å². The van der Waals surface area contributed by atoms with Gasteiger partial charge in [-0.05, 0) is 30.4 Å². The number of hydrogen-bond donors (Lipinski definition) is 0. The van der Waals surface area contributed by atoms with Crippen LogP contribution in [0.4, 0.5) is 0 Å². The van der Waals surface area contributed by atoms with Gasteiger partial charge in [0.15, 0.2) is 11.5 Å². The van der Waals surface area contributed by atoms with Gasteiger partial charge in [0, 0.05) is 5.39 Å². The number of fused-ring (bicyclic) bond motifs is 8. The molecule has 7 nitrogen and oxygen atoms in total. The lowest BCUT2D eigenvalue weighted by molar-refractivity contribution is -0.141. The molecule has 2 amide bonds. The fraction of sp³-hybridized carbons (Fsp3) is 0.316. The SMILES string of the molecule is O=C1[C@@H]2[C@H](C(=O)N1Cc1nc3c4ccccc4ncn3n1)[C@H]1C=C[C@H]2C1. The summed E-state index contributed by atoms with van der Waals surface area (Å²) >= 11 is 0. The highest BCUT2D eigenvalue weighted by atomic mass is 16.2. The number of aromatic nitrogens is 4. The fourth-order valence-electron chi connectivity index (χ4n) is 4.85. The quantitative estimate of drug-likeness (QED) is 0.520. The summed E-state index contributed by atoms with van der Waals surface area (Å²) in [7, 11) is 0. The van der Waals surface area contributed by atoms with Crippen LogP contribution < -0.4 is 0 Å². The molecule has 0 radical (unpaired) electrons. The summed E-state index contributed by atoms with van der Waals surface area (Å²) in [5.74, 6) is 0.388. The molecule has 26 heavy (non-hydrogen) atoms. The monoisotopic (exact) mass is 345 g/mol. The summed E-state index contributed by atoms with van der Waals surface area (Å²) in [6.07, 6.45) is 6.74. The zero-order chi connectivity index (χ0) is 17.4. The van der Waals surface area contributed by atoms with Gasteiger partial charge < -0.3 is 0 Å². The van der Waals surface area contributed by atoms with E-state index in [-0.39, 0.29) is 42.0 Å². The zero-order valence-electron chi connectivity index (χ0n) is 13.8. The highest BCUT2D eigenvalue weighted by Crippen LogP contribution is 2.52. The van der Waals surface area contributed by atoms with Gasteiger partial charge in [0.25, 0.3) is 0 Å². The van der Waals surface area contributed by atoms with Gasteiger partial charge in [-0.1, -0.05) is 24.3 Å². The van der Waals surface area contributed by atoms with Crippen molar-refractivity contribution in [1.82, 2.24) is 24.5 Å². The lowest BCUT2D eigenvalue weighted by atomic mass is 9.85. The number of para-hydroxylation sites is 1. The third-order valence-corrected chi connectivity index (χ3v) is 5.99. The van der Waals surface area contributed by atoms with Crippen molar-refractivity contribution in [3.63, 3.8) is 0 Å². The Morgan fingerprint density at radius 2 is 1.77 bits per heavy atom. The average Bonchev–Trinajstić information content (AvgIpc) is 3.41. The second kappa shape index (κ2) is 4.75. The minimum absolute atomic E-state index is 0.0707. The molecule has 1 saturated carbocycles. The molecule has 6 rings (SSSR count). The number of nitrogens with zero attached hydrogens (tertiary/aromatic N) is 5. The van der Waals surface area contributed by atoms with Crippen LogP contribution in [-0.4, -0.2) is 36.3 Å². The van der Waals surface area contributed by atoms with Gasteiger partial charge in [0.05, 0.1) is 23.9 Å². The standard InChI is InChI=1S/C19H15N5O2/c25-18-15-10-5-6-11(7-10)16(15)19(26)23(18)8-14-21-17-12-3-1-2-4-13(12)20-9-24(17)22-14/h1-6,9-11,15-16H,7-8H2/t10-,11-,15-,16+/m0/s1. The van der Waals surface area contributed by atoms with Crippen LogP contribution in [0.15, 0.2) is 42.7 Å². The largest absolute Gasteiger partial charge is 0.274 e. The highest BCUT2D eigenvalue weighted by Gasteiger charge is 2.59. The van der Waals surface area contributed by atoms with Crippen molar-refractivity contribution in [2.24, 2.45) is 23.7 Å². The Hall–Kier alpha value is -3.09. The number of imide groups is 1. The summed E-state index contributed by atoms with van der Waals surface area (Å²) < 4.78 is 1.61. The predicted molar refractivity (Wildman–Crippen MR) is 91.6 cm³/mol. The number of benzene rings is 1. The molecule has 3 heterocycles. The lowest BCUT2D eigenvalue weighted by Gasteiger charge is -2.15. The Morgan fingerprint density at radius 3 is 2.54 bits per heavy atom. The number of hydrogen-bond acceptors (Lipinski definition) is 5. The van der Waals surface area contributed by atoms with E-state index >= 15 is 0 Å². The van der Waals surface area contributed by atoms with Gasteiger partial charge >= 0.3 is 0 Å². The molecule has 1 aromatic carbocycles. The predicted octanol–water partition coefficient (Wildman–Crippen LogP) is 1.58. The summed E-state index contributed by atoms with van der Waals surface area (Å²) in [4.78, 5) is 35.9. The molecule has 1 aliphatic heterocycles. The summed E-state index contributed by atoms with van der Waals surface area (Å²) in [5, 5.41) is 5.32. The van der Waals surface area contributed by atoms with E-state index in [1.165, 1.54) is 4.90 Å². The van der Waals surface area contributed by atoms with Crippen LogP contribution >= 0.6 is 0 Å². The van der Waals surface area contributed by atoms with Crippen molar-refractivity contribution in [2.45, 2.75) is 13.0 Å². The second-order valence-corrected chi connectivity index (χ2v) is 7.32. The van der Waals surface area contributed by atoms with Crippen molar-refractivity contribution in [3.8, 4) is 0 Å². The lowest BCUT2D eigenvalue weighted by Crippen LogP contribution is -2.32. The van der Waals surface area contributed by atoms with Crippen molar-refractivity contribution in [1.29, 1.82) is 0 Å². The number of carbonyl (C=O) groups is 2. The maximum Gasteiger partial charge on any atom is 0.234 e. The molecule has 128 valence electrons. The summed E-state index contributed by atoms with van der Waals surface area (Å²) in [6, 6.07) is 7.71. The smallest absolute Gasteiger partial charge is 0.234 e. The first-order valence-electron chi connectivity index (χ1n) is 8.83. The van der Waals surface area contributed by atoms with Crippen LogP contribution in [-0.2, 0) is 16.1 Å². The molecule has 3 aliphatic rings. The minimum atomic E-state index is -0.183.